The molecule has 1 heterocycles. The maximum Gasteiger partial charge on any atom is 0.258 e. The first-order chi connectivity index (χ1) is 11.3. The third-order valence-electron chi connectivity index (χ3n) is 3.38. The summed E-state index contributed by atoms with van der Waals surface area (Å²) in [6, 6.07) is 7.03. The highest BCUT2D eigenvalue weighted by molar-refractivity contribution is 9.10. The minimum atomic E-state index is -0.515. The molecule has 1 aromatic carbocycles. The minimum absolute atomic E-state index is 0.113. The van der Waals surface area contributed by atoms with Gasteiger partial charge >= 0.3 is 0 Å². The van der Waals surface area contributed by atoms with E-state index >= 15 is 0 Å². The Kier molecular flexibility index (Phi) is 6.09. The molecule has 0 atom stereocenters. The zero-order chi connectivity index (χ0) is 17.9. The molecule has 126 valence electrons. The van der Waals surface area contributed by atoms with Crippen LogP contribution in [0.15, 0.2) is 28.7 Å². The number of aryl methyl sites for hydroxylation is 1. The number of amides is 2. The molecule has 8 heteroatoms. The SMILES string of the molecule is CCc1c(C)sc(NC(=S)NC(=O)c2ccccc2Br)c1C(N)=O. The summed E-state index contributed by atoms with van der Waals surface area (Å²) >= 11 is 9.90. The number of rotatable bonds is 4. The number of hydrogen-bond donors (Lipinski definition) is 3. The quantitative estimate of drug-likeness (QED) is 0.653. The van der Waals surface area contributed by atoms with Crippen molar-refractivity contribution in [1.29, 1.82) is 0 Å². The van der Waals surface area contributed by atoms with Crippen molar-refractivity contribution < 1.29 is 9.59 Å². The van der Waals surface area contributed by atoms with Crippen molar-refractivity contribution in [2.24, 2.45) is 5.73 Å². The van der Waals surface area contributed by atoms with Crippen molar-refractivity contribution in [3.8, 4) is 0 Å². The van der Waals surface area contributed by atoms with Crippen molar-refractivity contribution in [1.82, 2.24) is 5.32 Å². The second-order valence-corrected chi connectivity index (χ2v) is 7.43. The Morgan fingerprint density at radius 1 is 1.33 bits per heavy atom. The van der Waals surface area contributed by atoms with Crippen LogP contribution in [0, 0.1) is 6.92 Å². The van der Waals surface area contributed by atoms with Gasteiger partial charge in [-0.2, -0.15) is 0 Å². The Morgan fingerprint density at radius 3 is 2.58 bits per heavy atom. The Morgan fingerprint density at radius 2 is 2.00 bits per heavy atom. The minimum Gasteiger partial charge on any atom is -0.365 e. The van der Waals surface area contributed by atoms with Gasteiger partial charge in [0.15, 0.2) is 5.11 Å². The van der Waals surface area contributed by atoms with E-state index in [9.17, 15) is 9.59 Å². The third-order valence-corrected chi connectivity index (χ3v) is 5.34. The highest BCUT2D eigenvalue weighted by Gasteiger charge is 2.20. The molecule has 24 heavy (non-hydrogen) atoms. The zero-order valence-electron chi connectivity index (χ0n) is 13.1. The molecule has 0 bridgehead atoms. The summed E-state index contributed by atoms with van der Waals surface area (Å²) in [4.78, 5) is 25.0. The highest BCUT2D eigenvalue weighted by atomic mass is 79.9. The molecule has 2 amide bonds. The molecular weight excluding hydrogens is 410 g/mol. The van der Waals surface area contributed by atoms with Crippen LogP contribution in [-0.4, -0.2) is 16.9 Å². The van der Waals surface area contributed by atoms with E-state index in [2.05, 4.69) is 26.6 Å². The fourth-order valence-corrected chi connectivity index (χ4v) is 4.18. The normalized spacial score (nSPS) is 10.3. The average molecular weight is 426 g/mol. The molecule has 0 aliphatic heterocycles. The number of hydrogen-bond acceptors (Lipinski definition) is 4. The molecule has 0 spiro atoms. The molecule has 0 aliphatic carbocycles. The maximum atomic E-state index is 12.3. The van der Waals surface area contributed by atoms with Gasteiger partial charge in [0.05, 0.1) is 11.1 Å². The van der Waals surface area contributed by atoms with Gasteiger partial charge in [0.1, 0.15) is 5.00 Å². The van der Waals surface area contributed by atoms with E-state index in [-0.39, 0.29) is 11.0 Å². The van der Waals surface area contributed by atoms with Crippen LogP contribution in [0.3, 0.4) is 0 Å². The summed E-state index contributed by atoms with van der Waals surface area (Å²) < 4.78 is 0.670. The highest BCUT2D eigenvalue weighted by Crippen LogP contribution is 2.33. The molecule has 2 aromatic rings. The number of nitrogens with two attached hydrogens (primary N) is 1. The van der Waals surface area contributed by atoms with E-state index < -0.39 is 5.91 Å². The Balaban J connectivity index is 2.18. The van der Waals surface area contributed by atoms with E-state index in [1.54, 1.807) is 18.2 Å². The predicted molar refractivity (Wildman–Crippen MR) is 105 cm³/mol. The van der Waals surface area contributed by atoms with Crippen LogP contribution in [0.1, 0.15) is 38.1 Å². The van der Waals surface area contributed by atoms with Crippen LogP contribution in [-0.2, 0) is 6.42 Å². The van der Waals surface area contributed by atoms with Crippen molar-refractivity contribution in [2.75, 3.05) is 5.32 Å². The summed E-state index contributed by atoms with van der Waals surface area (Å²) in [6.45, 7) is 3.88. The molecule has 0 aliphatic rings. The summed E-state index contributed by atoms with van der Waals surface area (Å²) in [6.07, 6.45) is 0.693. The lowest BCUT2D eigenvalue weighted by molar-refractivity contribution is 0.0975. The Bertz CT molecular complexity index is 818. The molecule has 0 fully saturated rings. The lowest BCUT2D eigenvalue weighted by atomic mass is 10.1. The number of carbonyl (C=O) groups is 2. The maximum absolute atomic E-state index is 12.3. The number of anilines is 1. The molecule has 0 unspecified atom stereocenters. The topological polar surface area (TPSA) is 84.2 Å². The number of benzene rings is 1. The van der Waals surface area contributed by atoms with Gasteiger partial charge in [0.2, 0.25) is 0 Å². The Labute approximate surface area is 157 Å². The largest absolute Gasteiger partial charge is 0.365 e. The average Bonchev–Trinajstić information content (AvgIpc) is 2.82. The van der Waals surface area contributed by atoms with E-state index in [4.69, 9.17) is 18.0 Å². The molecule has 0 saturated heterocycles. The first-order valence-electron chi connectivity index (χ1n) is 7.14. The van der Waals surface area contributed by atoms with Gasteiger partial charge in [-0.05, 0) is 59.2 Å². The first kappa shape index (κ1) is 18.6. The van der Waals surface area contributed by atoms with Crippen molar-refractivity contribution in [3.05, 3.63) is 50.3 Å². The summed E-state index contributed by atoms with van der Waals surface area (Å²) in [5, 5.41) is 6.18. The van der Waals surface area contributed by atoms with Gasteiger partial charge in [0, 0.05) is 9.35 Å². The summed E-state index contributed by atoms with van der Waals surface area (Å²) in [5.74, 6) is -0.858. The van der Waals surface area contributed by atoms with Gasteiger partial charge in [0.25, 0.3) is 11.8 Å². The van der Waals surface area contributed by atoms with Crippen molar-refractivity contribution in [3.63, 3.8) is 0 Å². The molecule has 0 radical (unpaired) electrons. The zero-order valence-corrected chi connectivity index (χ0v) is 16.3. The van der Waals surface area contributed by atoms with E-state index in [0.717, 1.165) is 10.4 Å². The smallest absolute Gasteiger partial charge is 0.258 e. The van der Waals surface area contributed by atoms with Crippen LogP contribution in [0.25, 0.3) is 0 Å². The van der Waals surface area contributed by atoms with Gasteiger partial charge in [-0.3, -0.25) is 14.9 Å². The lowest BCUT2D eigenvalue weighted by Gasteiger charge is -2.10. The number of thiocarbonyl (C=S) groups is 1. The Hall–Kier alpha value is -1.77. The second-order valence-electron chi connectivity index (χ2n) is 4.95. The second kappa shape index (κ2) is 7.87. The van der Waals surface area contributed by atoms with Crippen molar-refractivity contribution >= 4 is 61.4 Å². The fraction of sp³-hybridized carbons (Fsp3) is 0.188. The van der Waals surface area contributed by atoms with Gasteiger partial charge in [-0.15, -0.1) is 11.3 Å². The molecule has 5 nitrogen and oxygen atoms in total. The van der Waals surface area contributed by atoms with E-state index in [1.807, 2.05) is 19.9 Å². The summed E-state index contributed by atoms with van der Waals surface area (Å²) in [5.41, 5.74) is 7.28. The predicted octanol–water partition coefficient (Wildman–Crippen LogP) is 3.61. The van der Waals surface area contributed by atoms with E-state index in [1.165, 1.54) is 11.3 Å². The third kappa shape index (κ3) is 4.00. The van der Waals surface area contributed by atoms with Crippen LogP contribution >= 0.6 is 39.5 Å². The summed E-state index contributed by atoms with van der Waals surface area (Å²) in [7, 11) is 0. The molecule has 0 saturated carbocycles. The number of thiophene rings is 1. The van der Waals surface area contributed by atoms with Crippen molar-refractivity contribution in [2.45, 2.75) is 20.3 Å². The van der Waals surface area contributed by atoms with Crippen LogP contribution in [0.2, 0.25) is 0 Å². The van der Waals surface area contributed by atoms with Gasteiger partial charge in [-0.25, -0.2) is 0 Å². The standard InChI is InChI=1S/C16H16BrN3O2S2/c1-3-9-8(2)24-15(12(9)13(18)21)20-16(23)19-14(22)10-6-4-5-7-11(10)17/h4-7H,3H2,1-2H3,(H2,18,21)(H2,19,20,22,23). The van der Waals surface area contributed by atoms with Crippen LogP contribution in [0.5, 0.6) is 0 Å². The molecule has 1 aromatic heterocycles. The van der Waals surface area contributed by atoms with E-state index in [0.29, 0.717) is 27.0 Å². The number of carbonyl (C=O) groups excluding carboxylic acids is 2. The number of nitrogens with one attached hydrogen (secondary N) is 2. The lowest BCUT2D eigenvalue weighted by Crippen LogP contribution is -2.34. The van der Waals surface area contributed by atoms with Gasteiger partial charge in [-0.1, -0.05) is 19.1 Å². The molecule has 2 rings (SSSR count). The van der Waals surface area contributed by atoms with Crippen LogP contribution in [0.4, 0.5) is 5.00 Å². The van der Waals surface area contributed by atoms with Crippen LogP contribution < -0.4 is 16.4 Å². The molecular formula is C16H16BrN3O2S2. The number of primary amides is 1. The fourth-order valence-electron chi connectivity index (χ4n) is 2.30. The molecule has 4 N–H and O–H groups in total. The monoisotopic (exact) mass is 425 g/mol. The first-order valence-corrected chi connectivity index (χ1v) is 9.15. The number of halogens is 1. The van der Waals surface area contributed by atoms with Gasteiger partial charge < -0.3 is 11.1 Å².